The van der Waals surface area contributed by atoms with Gasteiger partial charge in [0, 0.05) is 25.5 Å². The van der Waals surface area contributed by atoms with Crippen LogP contribution in [-0.2, 0) is 10.0 Å². The Bertz CT molecular complexity index is 741. The van der Waals surface area contributed by atoms with Crippen LogP contribution < -0.4 is 10.6 Å². The molecule has 0 radical (unpaired) electrons. The van der Waals surface area contributed by atoms with E-state index in [1.54, 1.807) is 24.3 Å². The molecule has 2 rings (SSSR count). The largest absolute Gasteiger partial charge is 0.323 e. The van der Waals surface area contributed by atoms with Gasteiger partial charge in [0.2, 0.25) is 10.0 Å². The second kappa shape index (κ2) is 6.59. The molecule has 6 nitrogen and oxygen atoms in total. The Morgan fingerprint density at radius 1 is 0.864 bits per heavy atom. The van der Waals surface area contributed by atoms with Crippen LogP contribution in [0.4, 0.5) is 16.2 Å². The van der Waals surface area contributed by atoms with E-state index >= 15 is 0 Å². The first-order valence-electron chi connectivity index (χ1n) is 6.55. The van der Waals surface area contributed by atoms with Gasteiger partial charge in [0.25, 0.3) is 0 Å². The number of rotatable bonds is 4. The first kappa shape index (κ1) is 16.0. The van der Waals surface area contributed by atoms with E-state index in [2.05, 4.69) is 10.6 Å². The van der Waals surface area contributed by atoms with E-state index in [0.717, 1.165) is 4.31 Å². The smallest absolute Gasteiger partial charge is 0.308 e. The summed E-state index contributed by atoms with van der Waals surface area (Å²) < 4.78 is 25.0. The van der Waals surface area contributed by atoms with E-state index in [0.29, 0.717) is 11.4 Å². The molecule has 0 saturated carbocycles. The Balaban J connectivity index is 2.04. The third-order valence-corrected chi connectivity index (χ3v) is 4.75. The highest BCUT2D eigenvalue weighted by Gasteiger charge is 2.16. The number of anilines is 2. The summed E-state index contributed by atoms with van der Waals surface area (Å²) >= 11 is 0. The zero-order valence-electron chi connectivity index (χ0n) is 12.3. The predicted octanol–water partition coefficient (Wildman–Crippen LogP) is 2.58. The van der Waals surface area contributed by atoms with Gasteiger partial charge >= 0.3 is 6.03 Å². The van der Waals surface area contributed by atoms with Crippen molar-refractivity contribution in [3.63, 3.8) is 0 Å². The van der Waals surface area contributed by atoms with E-state index in [4.69, 9.17) is 0 Å². The van der Waals surface area contributed by atoms with Crippen molar-refractivity contribution in [1.29, 1.82) is 0 Å². The lowest BCUT2D eigenvalue weighted by Crippen LogP contribution is -2.22. The van der Waals surface area contributed by atoms with Crippen molar-refractivity contribution in [2.45, 2.75) is 4.90 Å². The van der Waals surface area contributed by atoms with Gasteiger partial charge in [-0.3, -0.25) is 0 Å². The van der Waals surface area contributed by atoms with Crippen LogP contribution in [0.3, 0.4) is 0 Å². The highest BCUT2D eigenvalue weighted by atomic mass is 32.2. The fourth-order valence-corrected chi connectivity index (χ4v) is 2.64. The van der Waals surface area contributed by atoms with E-state index in [1.165, 1.54) is 26.2 Å². The summed E-state index contributed by atoms with van der Waals surface area (Å²) in [7, 11) is -0.532. The van der Waals surface area contributed by atoms with Crippen LogP contribution in [0.25, 0.3) is 0 Å². The maximum atomic E-state index is 11.9. The molecule has 0 bridgehead atoms. The second-order valence-corrected chi connectivity index (χ2v) is 6.91. The van der Waals surface area contributed by atoms with Gasteiger partial charge in [0.15, 0.2) is 0 Å². The average molecular weight is 319 g/mol. The number of nitrogens with one attached hydrogen (secondary N) is 2. The van der Waals surface area contributed by atoms with Crippen LogP contribution in [0.1, 0.15) is 0 Å². The Morgan fingerprint density at radius 2 is 1.36 bits per heavy atom. The van der Waals surface area contributed by atoms with Crippen LogP contribution in [-0.4, -0.2) is 32.8 Å². The number of sulfonamides is 1. The number of urea groups is 1. The molecule has 22 heavy (non-hydrogen) atoms. The lowest BCUT2D eigenvalue weighted by atomic mass is 10.3. The molecule has 7 heteroatoms. The molecule has 0 aliphatic rings. The summed E-state index contributed by atoms with van der Waals surface area (Å²) in [6, 6.07) is 14.6. The molecular weight excluding hydrogens is 302 g/mol. The van der Waals surface area contributed by atoms with Crippen LogP contribution >= 0.6 is 0 Å². The summed E-state index contributed by atoms with van der Waals surface area (Å²) in [6.45, 7) is 0. The van der Waals surface area contributed by atoms with E-state index in [-0.39, 0.29) is 4.90 Å². The summed E-state index contributed by atoms with van der Waals surface area (Å²) in [6.07, 6.45) is 0. The number of nitrogens with zero attached hydrogens (tertiary/aromatic N) is 1. The van der Waals surface area contributed by atoms with E-state index < -0.39 is 16.1 Å². The molecule has 0 atom stereocenters. The number of para-hydroxylation sites is 1. The molecule has 0 aliphatic heterocycles. The van der Waals surface area contributed by atoms with Crippen LogP contribution in [0.15, 0.2) is 59.5 Å². The summed E-state index contributed by atoms with van der Waals surface area (Å²) in [5.41, 5.74) is 1.18. The SMILES string of the molecule is CN(C)S(=O)(=O)c1ccc(NC(=O)Nc2ccccc2)cc1. The molecule has 0 spiro atoms. The van der Waals surface area contributed by atoms with E-state index in [1.807, 2.05) is 18.2 Å². The van der Waals surface area contributed by atoms with Gasteiger partial charge in [-0.2, -0.15) is 0 Å². The maximum Gasteiger partial charge on any atom is 0.323 e. The highest BCUT2D eigenvalue weighted by molar-refractivity contribution is 7.89. The number of carbonyl (C=O) groups is 1. The van der Waals surface area contributed by atoms with Crippen molar-refractivity contribution in [2.24, 2.45) is 0 Å². The molecule has 2 aromatic carbocycles. The highest BCUT2D eigenvalue weighted by Crippen LogP contribution is 2.17. The molecule has 0 heterocycles. The standard InChI is InChI=1S/C15H17N3O3S/c1-18(2)22(20,21)14-10-8-13(9-11-14)17-15(19)16-12-6-4-3-5-7-12/h3-11H,1-2H3,(H2,16,17,19). The molecule has 2 amide bonds. The lowest BCUT2D eigenvalue weighted by molar-refractivity contribution is 0.262. The summed E-state index contributed by atoms with van der Waals surface area (Å²) in [5, 5.41) is 5.32. The Morgan fingerprint density at radius 3 is 1.86 bits per heavy atom. The van der Waals surface area contributed by atoms with Gasteiger partial charge in [-0.05, 0) is 36.4 Å². The van der Waals surface area contributed by atoms with Gasteiger partial charge in [0.05, 0.1) is 4.90 Å². The minimum Gasteiger partial charge on any atom is -0.308 e. The molecule has 116 valence electrons. The van der Waals surface area contributed by atoms with Crippen molar-refractivity contribution >= 4 is 27.4 Å². The second-order valence-electron chi connectivity index (χ2n) is 4.76. The van der Waals surface area contributed by atoms with Gasteiger partial charge in [-0.15, -0.1) is 0 Å². The topological polar surface area (TPSA) is 78.5 Å². The Labute approximate surface area is 129 Å². The lowest BCUT2D eigenvalue weighted by Gasteiger charge is -2.12. The predicted molar refractivity (Wildman–Crippen MR) is 86.4 cm³/mol. The number of amides is 2. The van der Waals surface area contributed by atoms with Gasteiger partial charge in [0.1, 0.15) is 0 Å². The van der Waals surface area contributed by atoms with Crippen molar-refractivity contribution in [2.75, 3.05) is 24.7 Å². The molecule has 0 saturated heterocycles. The van der Waals surface area contributed by atoms with Gasteiger partial charge < -0.3 is 10.6 Å². The fraction of sp³-hybridized carbons (Fsp3) is 0.133. The molecule has 0 aromatic heterocycles. The first-order valence-corrected chi connectivity index (χ1v) is 7.99. The van der Waals surface area contributed by atoms with Gasteiger partial charge in [-0.1, -0.05) is 18.2 Å². The zero-order valence-corrected chi connectivity index (χ0v) is 13.1. The normalized spacial score (nSPS) is 11.2. The number of benzene rings is 2. The monoisotopic (exact) mass is 319 g/mol. The number of carbonyl (C=O) groups excluding carboxylic acids is 1. The van der Waals surface area contributed by atoms with Crippen molar-refractivity contribution in [1.82, 2.24) is 4.31 Å². The molecule has 0 aliphatic carbocycles. The molecule has 0 fully saturated rings. The average Bonchev–Trinajstić information content (AvgIpc) is 2.48. The molecule has 2 aromatic rings. The summed E-state index contributed by atoms with van der Waals surface area (Å²) in [5.74, 6) is 0. The molecule has 0 unspecified atom stereocenters. The van der Waals surface area contributed by atoms with Crippen LogP contribution in [0, 0.1) is 0 Å². The Kier molecular flexibility index (Phi) is 4.79. The van der Waals surface area contributed by atoms with Crippen molar-refractivity contribution in [3.8, 4) is 0 Å². The zero-order chi connectivity index (χ0) is 16.2. The van der Waals surface area contributed by atoms with Crippen molar-refractivity contribution in [3.05, 3.63) is 54.6 Å². The quantitative estimate of drug-likeness (QED) is 0.909. The minimum absolute atomic E-state index is 0.173. The van der Waals surface area contributed by atoms with E-state index in [9.17, 15) is 13.2 Å². The molecule has 2 N–H and O–H groups in total. The fourth-order valence-electron chi connectivity index (χ4n) is 1.74. The van der Waals surface area contributed by atoms with Crippen molar-refractivity contribution < 1.29 is 13.2 Å². The molecular formula is C15H17N3O3S. The first-order chi connectivity index (χ1) is 10.4. The Hall–Kier alpha value is -2.38. The number of hydrogen-bond donors (Lipinski definition) is 2. The summed E-state index contributed by atoms with van der Waals surface area (Å²) in [4.78, 5) is 12.0. The van der Waals surface area contributed by atoms with Crippen LogP contribution in [0.5, 0.6) is 0 Å². The third kappa shape index (κ3) is 3.84. The van der Waals surface area contributed by atoms with Gasteiger partial charge in [-0.25, -0.2) is 17.5 Å². The van der Waals surface area contributed by atoms with Crippen LogP contribution in [0.2, 0.25) is 0 Å². The maximum absolute atomic E-state index is 11.9. The third-order valence-electron chi connectivity index (χ3n) is 2.92. The number of hydrogen-bond acceptors (Lipinski definition) is 3. The minimum atomic E-state index is -3.47.